The minimum Gasteiger partial charge on any atom is -0.370 e. The highest BCUT2D eigenvalue weighted by Gasteiger charge is 2.09. The molecule has 0 heterocycles. The molecule has 2 nitrogen and oxygen atoms in total. The summed E-state index contributed by atoms with van der Waals surface area (Å²) in [6.07, 6.45) is 0.830. The van der Waals surface area contributed by atoms with Gasteiger partial charge in [0, 0.05) is 10.2 Å². The van der Waals surface area contributed by atoms with Crippen LogP contribution in [0, 0.1) is 17.2 Å². The van der Waals surface area contributed by atoms with Gasteiger partial charge in [-0.1, -0.05) is 25.4 Å². The maximum atomic E-state index is 9.01. The van der Waals surface area contributed by atoms with Crippen molar-refractivity contribution in [2.24, 2.45) is 5.92 Å². The van der Waals surface area contributed by atoms with Crippen molar-refractivity contribution in [2.75, 3.05) is 5.32 Å². The van der Waals surface area contributed by atoms with E-state index in [0.717, 1.165) is 16.6 Å². The molecule has 0 aliphatic rings. The van der Waals surface area contributed by atoms with Gasteiger partial charge in [-0.2, -0.15) is 5.26 Å². The van der Waals surface area contributed by atoms with Gasteiger partial charge in [0.05, 0.1) is 11.1 Å². The summed E-state index contributed by atoms with van der Waals surface area (Å²) in [5, 5.41) is 12.9. The first kappa shape index (κ1) is 13.3. The zero-order valence-corrected chi connectivity index (χ0v) is 11.6. The maximum absolute atomic E-state index is 9.01. The molecular weight excluding hydrogens is 288 g/mol. The summed E-state index contributed by atoms with van der Waals surface area (Å²) in [6, 6.07) is 7.66. The molecule has 1 unspecified atom stereocenters. The van der Waals surface area contributed by atoms with E-state index in [9.17, 15) is 0 Å². The number of nitrogens with one attached hydrogen (secondary N) is 1. The van der Waals surface area contributed by atoms with Gasteiger partial charge in [0.15, 0.2) is 0 Å². The number of halogens is 2. The molecule has 0 radical (unpaired) electrons. The Balaban J connectivity index is 2.71. The quantitative estimate of drug-likeness (QED) is 0.891. The number of anilines is 1. The number of hydrogen-bond acceptors (Lipinski definition) is 2. The van der Waals surface area contributed by atoms with E-state index < -0.39 is 0 Å². The molecule has 16 heavy (non-hydrogen) atoms. The molecular formula is C12H14BrClN2. The SMILES string of the molecule is CC(C)CC(C#N)Nc1ccc(Cl)c(Br)c1. The molecule has 0 saturated heterocycles. The molecule has 1 atom stereocenters. The standard InChI is InChI=1S/C12H14BrClN2/c1-8(2)5-10(7-15)16-9-3-4-12(14)11(13)6-9/h3-4,6,8,10,16H,5H2,1-2H3. The minimum atomic E-state index is -0.159. The summed E-state index contributed by atoms with van der Waals surface area (Å²) in [4.78, 5) is 0. The molecule has 0 bridgehead atoms. The van der Waals surface area contributed by atoms with Crippen molar-refractivity contribution in [1.82, 2.24) is 0 Å². The summed E-state index contributed by atoms with van der Waals surface area (Å²) in [5.41, 5.74) is 0.906. The zero-order valence-electron chi connectivity index (χ0n) is 9.30. The Hall–Kier alpha value is -0.720. The molecule has 0 spiro atoms. The lowest BCUT2D eigenvalue weighted by Crippen LogP contribution is -2.19. The number of benzene rings is 1. The van der Waals surface area contributed by atoms with E-state index in [0.29, 0.717) is 10.9 Å². The molecule has 0 fully saturated rings. The fourth-order valence-electron chi connectivity index (χ4n) is 1.40. The lowest BCUT2D eigenvalue weighted by molar-refractivity contribution is 0.568. The van der Waals surface area contributed by atoms with Crippen molar-refractivity contribution < 1.29 is 0 Å². The van der Waals surface area contributed by atoms with Crippen LogP contribution in [0.1, 0.15) is 20.3 Å². The van der Waals surface area contributed by atoms with E-state index >= 15 is 0 Å². The Bertz CT molecular complexity index is 398. The van der Waals surface area contributed by atoms with Gasteiger partial charge < -0.3 is 5.32 Å². The molecule has 1 aromatic carbocycles. The Morgan fingerprint density at radius 1 is 1.50 bits per heavy atom. The molecule has 86 valence electrons. The lowest BCUT2D eigenvalue weighted by atomic mass is 10.0. The highest BCUT2D eigenvalue weighted by atomic mass is 79.9. The van der Waals surface area contributed by atoms with Crippen LogP contribution in [-0.4, -0.2) is 6.04 Å². The number of nitriles is 1. The van der Waals surface area contributed by atoms with Crippen molar-refractivity contribution in [3.05, 3.63) is 27.7 Å². The van der Waals surface area contributed by atoms with Gasteiger partial charge in [0.25, 0.3) is 0 Å². The zero-order chi connectivity index (χ0) is 12.1. The Labute approximate surface area is 110 Å². The monoisotopic (exact) mass is 300 g/mol. The van der Waals surface area contributed by atoms with Gasteiger partial charge in [-0.05, 0) is 46.5 Å². The van der Waals surface area contributed by atoms with Gasteiger partial charge >= 0.3 is 0 Å². The summed E-state index contributed by atoms with van der Waals surface area (Å²) < 4.78 is 0.834. The lowest BCUT2D eigenvalue weighted by Gasteiger charge is -2.15. The second kappa shape index (κ2) is 6.12. The first-order valence-corrected chi connectivity index (χ1v) is 6.31. The van der Waals surface area contributed by atoms with E-state index in [1.54, 1.807) is 6.07 Å². The van der Waals surface area contributed by atoms with E-state index in [1.165, 1.54) is 0 Å². The van der Waals surface area contributed by atoms with Gasteiger partial charge in [-0.15, -0.1) is 0 Å². The Kier molecular flexibility index (Phi) is 5.11. The highest BCUT2D eigenvalue weighted by molar-refractivity contribution is 9.10. The largest absolute Gasteiger partial charge is 0.370 e. The van der Waals surface area contributed by atoms with Crippen LogP contribution in [0.3, 0.4) is 0 Å². The molecule has 4 heteroatoms. The van der Waals surface area contributed by atoms with E-state index in [1.807, 2.05) is 12.1 Å². The van der Waals surface area contributed by atoms with Crippen LogP contribution in [0.25, 0.3) is 0 Å². The predicted molar refractivity (Wildman–Crippen MR) is 71.6 cm³/mol. The third kappa shape index (κ3) is 4.03. The van der Waals surface area contributed by atoms with Crippen molar-refractivity contribution in [2.45, 2.75) is 26.3 Å². The fraction of sp³-hybridized carbons (Fsp3) is 0.417. The van der Waals surface area contributed by atoms with Crippen LogP contribution in [-0.2, 0) is 0 Å². The molecule has 0 aliphatic carbocycles. The number of rotatable bonds is 4. The summed E-state index contributed by atoms with van der Waals surface area (Å²) in [5.74, 6) is 0.493. The second-order valence-electron chi connectivity index (χ2n) is 4.08. The first-order chi connectivity index (χ1) is 7.52. The molecule has 1 rings (SSSR count). The van der Waals surface area contributed by atoms with E-state index in [4.69, 9.17) is 16.9 Å². The summed E-state index contributed by atoms with van der Waals surface area (Å²) in [7, 11) is 0. The molecule has 0 saturated carbocycles. The van der Waals surface area contributed by atoms with Gasteiger partial charge in [-0.25, -0.2) is 0 Å². The molecule has 1 N–H and O–H groups in total. The smallest absolute Gasteiger partial charge is 0.114 e. The molecule has 1 aromatic rings. The van der Waals surface area contributed by atoms with Crippen molar-refractivity contribution in [1.29, 1.82) is 5.26 Å². The first-order valence-electron chi connectivity index (χ1n) is 5.14. The third-order valence-corrected chi connectivity index (χ3v) is 3.34. The maximum Gasteiger partial charge on any atom is 0.114 e. The van der Waals surface area contributed by atoms with E-state index in [2.05, 4.69) is 41.2 Å². The molecule has 0 amide bonds. The molecule has 0 aromatic heterocycles. The van der Waals surface area contributed by atoms with Gasteiger partial charge in [0.1, 0.15) is 6.04 Å². The summed E-state index contributed by atoms with van der Waals surface area (Å²) in [6.45, 7) is 4.20. The fourth-order valence-corrected chi connectivity index (χ4v) is 1.90. The van der Waals surface area contributed by atoms with Crippen LogP contribution in [0.2, 0.25) is 5.02 Å². The average Bonchev–Trinajstić information content (AvgIpc) is 2.22. The third-order valence-electron chi connectivity index (χ3n) is 2.12. The Morgan fingerprint density at radius 2 is 2.19 bits per heavy atom. The second-order valence-corrected chi connectivity index (χ2v) is 5.35. The van der Waals surface area contributed by atoms with Crippen molar-refractivity contribution in [3.63, 3.8) is 0 Å². The van der Waals surface area contributed by atoms with Crippen molar-refractivity contribution >= 4 is 33.2 Å². The average molecular weight is 302 g/mol. The van der Waals surface area contributed by atoms with Crippen molar-refractivity contribution in [3.8, 4) is 6.07 Å². The Morgan fingerprint density at radius 3 is 2.69 bits per heavy atom. The topological polar surface area (TPSA) is 35.8 Å². The van der Waals surface area contributed by atoms with Gasteiger partial charge in [-0.3, -0.25) is 0 Å². The van der Waals surface area contributed by atoms with Gasteiger partial charge in [0.2, 0.25) is 0 Å². The van der Waals surface area contributed by atoms with Crippen LogP contribution in [0.5, 0.6) is 0 Å². The van der Waals surface area contributed by atoms with Crippen LogP contribution < -0.4 is 5.32 Å². The summed E-state index contributed by atoms with van der Waals surface area (Å²) >= 11 is 9.25. The van der Waals surface area contributed by atoms with E-state index in [-0.39, 0.29) is 6.04 Å². The normalized spacial score (nSPS) is 12.2. The van der Waals surface area contributed by atoms with Crippen LogP contribution in [0.15, 0.2) is 22.7 Å². The minimum absolute atomic E-state index is 0.159. The number of nitrogens with zero attached hydrogens (tertiary/aromatic N) is 1. The highest BCUT2D eigenvalue weighted by Crippen LogP contribution is 2.26. The van der Waals surface area contributed by atoms with Crippen LogP contribution in [0.4, 0.5) is 5.69 Å². The number of hydrogen-bond donors (Lipinski definition) is 1. The van der Waals surface area contributed by atoms with Crippen LogP contribution >= 0.6 is 27.5 Å². The predicted octanol–water partition coefficient (Wildman–Crippen LogP) is 4.45. The molecule has 0 aliphatic heterocycles.